The van der Waals surface area contributed by atoms with Crippen LogP contribution in [0.4, 0.5) is 0 Å². The SMILES string of the molecule is CC(C)N1CCNCC1.CC1=C(CC(=O)O)C(c2ccccc2Cl)=C(C(=O)O)C(C)N1. The van der Waals surface area contributed by atoms with E-state index in [1.54, 1.807) is 38.1 Å². The van der Waals surface area contributed by atoms with Gasteiger partial charge in [-0.25, -0.2) is 4.79 Å². The summed E-state index contributed by atoms with van der Waals surface area (Å²) in [6.45, 7) is 12.7. The van der Waals surface area contributed by atoms with Gasteiger partial charge in [0.05, 0.1) is 18.0 Å². The first-order valence-electron chi connectivity index (χ1n) is 10.5. The molecule has 0 bridgehead atoms. The summed E-state index contributed by atoms with van der Waals surface area (Å²) >= 11 is 6.21. The molecular formula is C23H32ClN3O4. The first-order chi connectivity index (χ1) is 14.6. The largest absolute Gasteiger partial charge is 0.481 e. The highest BCUT2D eigenvalue weighted by molar-refractivity contribution is 6.33. The lowest BCUT2D eigenvalue weighted by molar-refractivity contribution is -0.136. The van der Waals surface area contributed by atoms with E-state index in [2.05, 4.69) is 29.4 Å². The van der Waals surface area contributed by atoms with Crippen molar-refractivity contribution in [2.45, 2.75) is 46.2 Å². The van der Waals surface area contributed by atoms with Gasteiger partial charge in [-0.15, -0.1) is 0 Å². The second-order valence-electron chi connectivity index (χ2n) is 7.99. The summed E-state index contributed by atoms with van der Waals surface area (Å²) in [6.07, 6.45) is -0.275. The van der Waals surface area contributed by atoms with Crippen molar-refractivity contribution >= 4 is 29.1 Å². The zero-order valence-electron chi connectivity index (χ0n) is 18.5. The van der Waals surface area contributed by atoms with Gasteiger partial charge in [-0.05, 0) is 39.3 Å². The number of hydrogen-bond acceptors (Lipinski definition) is 5. The van der Waals surface area contributed by atoms with E-state index in [0.29, 0.717) is 27.4 Å². The number of halogens is 1. The maximum atomic E-state index is 11.7. The molecule has 0 saturated carbocycles. The number of nitrogens with zero attached hydrogens (tertiary/aromatic N) is 1. The third-order valence-corrected chi connectivity index (χ3v) is 5.80. The molecule has 1 saturated heterocycles. The van der Waals surface area contributed by atoms with Gasteiger partial charge in [0.25, 0.3) is 0 Å². The highest BCUT2D eigenvalue weighted by atomic mass is 35.5. The van der Waals surface area contributed by atoms with Gasteiger partial charge in [-0.2, -0.15) is 0 Å². The Morgan fingerprint density at radius 2 is 1.81 bits per heavy atom. The summed E-state index contributed by atoms with van der Waals surface area (Å²) in [5.41, 5.74) is 2.13. The molecule has 170 valence electrons. The second kappa shape index (κ2) is 11.3. The van der Waals surface area contributed by atoms with Crippen LogP contribution < -0.4 is 10.6 Å². The minimum atomic E-state index is -1.09. The number of carboxylic acids is 2. The Bertz CT molecular complexity index is 873. The van der Waals surface area contributed by atoms with Crippen LogP contribution in [0, 0.1) is 0 Å². The zero-order chi connectivity index (χ0) is 23.1. The normalized spacial score (nSPS) is 19.6. The number of benzene rings is 1. The number of allylic oxidation sites excluding steroid dienone is 2. The molecule has 0 radical (unpaired) electrons. The van der Waals surface area contributed by atoms with Crippen molar-refractivity contribution in [2.75, 3.05) is 26.2 Å². The third kappa shape index (κ3) is 6.56. The summed E-state index contributed by atoms with van der Waals surface area (Å²) in [6, 6.07) is 7.13. The van der Waals surface area contributed by atoms with Crippen molar-refractivity contribution in [3.63, 3.8) is 0 Å². The van der Waals surface area contributed by atoms with Crippen LogP contribution in [0.25, 0.3) is 5.57 Å². The fourth-order valence-electron chi connectivity index (χ4n) is 3.89. The van der Waals surface area contributed by atoms with Gasteiger partial charge in [-0.3, -0.25) is 9.69 Å². The van der Waals surface area contributed by atoms with Crippen molar-refractivity contribution in [1.82, 2.24) is 15.5 Å². The smallest absolute Gasteiger partial charge is 0.334 e. The maximum absolute atomic E-state index is 11.7. The van der Waals surface area contributed by atoms with E-state index in [0.717, 1.165) is 19.1 Å². The van der Waals surface area contributed by atoms with Crippen LogP contribution >= 0.6 is 11.6 Å². The lowest BCUT2D eigenvalue weighted by atomic mass is 9.84. The molecule has 1 unspecified atom stereocenters. The Kier molecular flexibility index (Phi) is 9.10. The Labute approximate surface area is 188 Å². The molecule has 1 fully saturated rings. The molecular weight excluding hydrogens is 418 g/mol. The van der Waals surface area contributed by atoms with Crippen LogP contribution in [0.2, 0.25) is 5.02 Å². The molecule has 0 amide bonds. The van der Waals surface area contributed by atoms with Crippen LogP contribution in [0.1, 0.15) is 39.7 Å². The van der Waals surface area contributed by atoms with Crippen LogP contribution in [0.15, 0.2) is 41.1 Å². The number of hydrogen-bond donors (Lipinski definition) is 4. The van der Waals surface area contributed by atoms with E-state index in [-0.39, 0.29) is 12.0 Å². The fraction of sp³-hybridized carbons (Fsp3) is 0.478. The fourth-order valence-corrected chi connectivity index (χ4v) is 4.12. The molecule has 7 nitrogen and oxygen atoms in total. The molecule has 0 aliphatic carbocycles. The van der Waals surface area contributed by atoms with Crippen LogP contribution in [0.3, 0.4) is 0 Å². The van der Waals surface area contributed by atoms with Gasteiger partial charge in [0, 0.05) is 54.1 Å². The van der Waals surface area contributed by atoms with Gasteiger partial charge in [0.1, 0.15) is 0 Å². The van der Waals surface area contributed by atoms with Crippen LogP contribution in [-0.4, -0.2) is 65.3 Å². The summed E-state index contributed by atoms with van der Waals surface area (Å²) in [4.78, 5) is 25.4. The average molecular weight is 450 g/mol. The van der Waals surface area contributed by atoms with Crippen molar-refractivity contribution < 1.29 is 19.8 Å². The zero-order valence-corrected chi connectivity index (χ0v) is 19.3. The number of nitrogens with one attached hydrogen (secondary N) is 2. The molecule has 0 aromatic heterocycles. The minimum absolute atomic E-state index is 0.120. The molecule has 4 N–H and O–H groups in total. The van der Waals surface area contributed by atoms with Crippen LogP contribution in [-0.2, 0) is 9.59 Å². The topological polar surface area (TPSA) is 102 Å². The lowest BCUT2D eigenvalue weighted by Gasteiger charge is -2.30. The molecule has 1 aromatic carbocycles. The summed E-state index contributed by atoms with van der Waals surface area (Å²) in [7, 11) is 0. The third-order valence-electron chi connectivity index (χ3n) is 5.47. The van der Waals surface area contributed by atoms with E-state index in [1.807, 2.05) is 0 Å². The number of aliphatic carboxylic acids is 2. The monoisotopic (exact) mass is 449 g/mol. The molecule has 1 atom stereocenters. The Morgan fingerprint density at radius 1 is 1.19 bits per heavy atom. The highest BCUT2D eigenvalue weighted by Gasteiger charge is 2.31. The first-order valence-corrected chi connectivity index (χ1v) is 10.9. The lowest BCUT2D eigenvalue weighted by Crippen LogP contribution is -2.46. The summed E-state index contributed by atoms with van der Waals surface area (Å²) in [5, 5.41) is 25.4. The van der Waals surface area contributed by atoms with E-state index in [1.165, 1.54) is 13.1 Å². The van der Waals surface area contributed by atoms with Crippen molar-refractivity contribution in [3.8, 4) is 0 Å². The number of dihydropyridines is 1. The van der Waals surface area contributed by atoms with Gasteiger partial charge >= 0.3 is 11.9 Å². The van der Waals surface area contributed by atoms with Gasteiger partial charge in [-0.1, -0.05) is 29.8 Å². The Morgan fingerprint density at radius 3 is 2.29 bits per heavy atom. The van der Waals surface area contributed by atoms with E-state index < -0.39 is 18.0 Å². The predicted octanol–water partition coefficient (Wildman–Crippen LogP) is 3.22. The standard InChI is InChI=1S/C16H16ClNO4.C7H16N2/c1-8-11(7-13(19)20)15(10-5-3-4-6-12(10)17)14(16(21)22)9(2)18-8;1-7(2)9-5-3-8-4-6-9/h3-6,9,18H,7H2,1-2H3,(H,19,20)(H,21,22);7-8H,3-6H2,1-2H3. The minimum Gasteiger partial charge on any atom is -0.481 e. The highest BCUT2D eigenvalue weighted by Crippen LogP contribution is 2.38. The summed E-state index contributed by atoms with van der Waals surface area (Å²) in [5.74, 6) is -2.12. The van der Waals surface area contributed by atoms with Crippen molar-refractivity contribution in [2.24, 2.45) is 0 Å². The molecule has 1 aromatic rings. The number of carboxylic acid groups (broad SMARTS) is 2. The molecule has 2 heterocycles. The first kappa shape index (κ1) is 24.9. The molecule has 8 heteroatoms. The Balaban J connectivity index is 0.000000316. The molecule has 2 aliphatic rings. The second-order valence-corrected chi connectivity index (χ2v) is 8.40. The Hall–Kier alpha value is -2.35. The summed E-state index contributed by atoms with van der Waals surface area (Å²) < 4.78 is 0. The molecule has 31 heavy (non-hydrogen) atoms. The van der Waals surface area contributed by atoms with E-state index in [9.17, 15) is 14.7 Å². The van der Waals surface area contributed by atoms with Crippen molar-refractivity contribution in [3.05, 3.63) is 51.7 Å². The average Bonchev–Trinajstić information content (AvgIpc) is 2.71. The molecule has 2 aliphatic heterocycles. The molecule has 0 spiro atoms. The maximum Gasteiger partial charge on any atom is 0.334 e. The van der Waals surface area contributed by atoms with Crippen LogP contribution in [0.5, 0.6) is 0 Å². The van der Waals surface area contributed by atoms with Gasteiger partial charge in [0.15, 0.2) is 0 Å². The number of carbonyl (C=O) groups is 2. The molecule has 3 rings (SSSR count). The quantitative estimate of drug-likeness (QED) is 0.547. The number of rotatable bonds is 5. The van der Waals surface area contributed by atoms with E-state index >= 15 is 0 Å². The predicted molar refractivity (Wildman–Crippen MR) is 123 cm³/mol. The van der Waals surface area contributed by atoms with Gasteiger partial charge < -0.3 is 20.8 Å². The van der Waals surface area contributed by atoms with Crippen molar-refractivity contribution in [1.29, 1.82) is 0 Å². The van der Waals surface area contributed by atoms with E-state index in [4.69, 9.17) is 16.7 Å². The van der Waals surface area contributed by atoms with Gasteiger partial charge in [0.2, 0.25) is 0 Å². The number of piperazine rings is 1.